The van der Waals surface area contributed by atoms with Gasteiger partial charge in [-0.15, -0.1) is 0 Å². The Hall–Kier alpha value is -2.88. The number of benzene rings is 2. The Morgan fingerprint density at radius 2 is 1.73 bits per heavy atom. The minimum absolute atomic E-state index is 0.831. The molecular formula is C18H16N4. The van der Waals surface area contributed by atoms with Crippen molar-refractivity contribution in [2.45, 2.75) is 13.3 Å². The highest BCUT2D eigenvalue weighted by molar-refractivity contribution is 5.86. The summed E-state index contributed by atoms with van der Waals surface area (Å²) in [7, 11) is 0. The predicted octanol–water partition coefficient (Wildman–Crippen LogP) is 4.19. The molecule has 1 N–H and O–H groups in total. The Morgan fingerprint density at radius 1 is 0.955 bits per heavy atom. The molecule has 4 heteroatoms. The maximum atomic E-state index is 4.77. The average Bonchev–Trinajstić information content (AvgIpc) is 3.01. The van der Waals surface area contributed by atoms with E-state index in [1.165, 1.54) is 0 Å². The number of aromatic nitrogens is 3. The SMILES string of the molecule is CCc1ncc2c(Nc3ccccc3)nc3ccccc3n12. The van der Waals surface area contributed by atoms with E-state index in [0.717, 1.165) is 40.3 Å². The van der Waals surface area contributed by atoms with Crippen molar-refractivity contribution in [3.63, 3.8) is 0 Å². The molecule has 2 aromatic heterocycles. The van der Waals surface area contributed by atoms with E-state index >= 15 is 0 Å². The molecule has 108 valence electrons. The molecule has 0 radical (unpaired) electrons. The van der Waals surface area contributed by atoms with Crippen molar-refractivity contribution in [3.8, 4) is 0 Å². The predicted molar refractivity (Wildman–Crippen MR) is 89.6 cm³/mol. The van der Waals surface area contributed by atoms with Crippen LogP contribution in [-0.4, -0.2) is 14.4 Å². The molecule has 4 aromatic rings. The highest BCUT2D eigenvalue weighted by Crippen LogP contribution is 2.25. The van der Waals surface area contributed by atoms with Gasteiger partial charge in [-0.05, 0) is 24.3 Å². The molecule has 0 spiro atoms. The van der Waals surface area contributed by atoms with E-state index in [1.54, 1.807) is 0 Å². The highest BCUT2D eigenvalue weighted by atomic mass is 15.1. The number of imidazole rings is 1. The molecule has 0 aliphatic heterocycles. The maximum Gasteiger partial charge on any atom is 0.157 e. The van der Waals surface area contributed by atoms with E-state index in [2.05, 4.69) is 27.7 Å². The first-order valence-corrected chi connectivity index (χ1v) is 7.44. The molecule has 0 aliphatic carbocycles. The van der Waals surface area contributed by atoms with E-state index in [0.29, 0.717) is 0 Å². The number of para-hydroxylation sites is 3. The van der Waals surface area contributed by atoms with E-state index in [9.17, 15) is 0 Å². The van der Waals surface area contributed by atoms with Gasteiger partial charge in [0, 0.05) is 12.1 Å². The number of rotatable bonds is 3. The van der Waals surface area contributed by atoms with Crippen LogP contribution in [0.25, 0.3) is 16.6 Å². The Morgan fingerprint density at radius 3 is 2.55 bits per heavy atom. The first-order chi connectivity index (χ1) is 10.9. The lowest BCUT2D eigenvalue weighted by atomic mass is 10.2. The van der Waals surface area contributed by atoms with Crippen molar-refractivity contribution >= 4 is 28.1 Å². The lowest BCUT2D eigenvalue weighted by Gasteiger charge is -2.11. The average molecular weight is 288 g/mol. The Balaban J connectivity index is 1.99. The summed E-state index contributed by atoms with van der Waals surface area (Å²) in [5.41, 5.74) is 4.07. The van der Waals surface area contributed by atoms with Crippen LogP contribution in [0.3, 0.4) is 0 Å². The molecule has 0 unspecified atom stereocenters. The second kappa shape index (κ2) is 5.15. The molecule has 22 heavy (non-hydrogen) atoms. The summed E-state index contributed by atoms with van der Waals surface area (Å²) < 4.78 is 2.19. The number of anilines is 2. The Bertz CT molecular complexity index is 941. The molecule has 0 atom stereocenters. The van der Waals surface area contributed by atoms with Crippen LogP contribution in [-0.2, 0) is 6.42 Å². The smallest absolute Gasteiger partial charge is 0.157 e. The molecule has 0 aliphatic rings. The fourth-order valence-corrected chi connectivity index (χ4v) is 2.75. The van der Waals surface area contributed by atoms with Crippen LogP contribution in [0.1, 0.15) is 12.7 Å². The lowest BCUT2D eigenvalue weighted by molar-refractivity contribution is 0.951. The molecule has 0 bridgehead atoms. The van der Waals surface area contributed by atoms with Crippen molar-refractivity contribution in [2.24, 2.45) is 0 Å². The molecule has 2 aromatic carbocycles. The van der Waals surface area contributed by atoms with Crippen LogP contribution in [0.2, 0.25) is 0 Å². The Labute approximate surface area is 128 Å². The molecular weight excluding hydrogens is 272 g/mol. The molecule has 0 saturated heterocycles. The van der Waals surface area contributed by atoms with Crippen LogP contribution < -0.4 is 5.32 Å². The Kier molecular flexibility index (Phi) is 3.00. The van der Waals surface area contributed by atoms with Crippen LogP contribution in [0.5, 0.6) is 0 Å². The van der Waals surface area contributed by atoms with Crippen molar-refractivity contribution in [3.05, 3.63) is 66.6 Å². The summed E-state index contributed by atoms with van der Waals surface area (Å²) in [4.78, 5) is 9.32. The van der Waals surface area contributed by atoms with E-state index in [-0.39, 0.29) is 0 Å². The van der Waals surface area contributed by atoms with Crippen LogP contribution in [0.4, 0.5) is 11.5 Å². The van der Waals surface area contributed by atoms with E-state index in [4.69, 9.17) is 4.98 Å². The second-order valence-corrected chi connectivity index (χ2v) is 5.19. The molecule has 0 saturated carbocycles. The highest BCUT2D eigenvalue weighted by Gasteiger charge is 2.12. The van der Waals surface area contributed by atoms with Crippen LogP contribution in [0.15, 0.2) is 60.8 Å². The summed E-state index contributed by atoms with van der Waals surface area (Å²) in [6.07, 6.45) is 2.77. The van der Waals surface area contributed by atoms with Crippen molar-refractivity contribution in [2.75, 3.05) is 5.32 Å². The summed E-state index contributed by atoms with van der Waals surface area (Å²) >= 11 is 0. The number of hydrogen-bond acceptors (Lipinski definition) is 3. The third-order valence-corrected chi connectivity index (χ3v) is 3.79. The van der Waals surface area contributed by atoms with Gasteiger partial charge < -0.3 is 5.32 Å². The van der Waals surface area contributed by atoms with Gasteiger partial charge in [0.2, 0.25) is 0 Å². The van der Waals surface area contributed by atoms with Crippen LogP contribution in [0, 0.1) is 0 Å². The zero-order valence-electron chi connectivity index (χ0n) is 12.3. The molecule has 2 heterocycles. The largest absolute Gasteiger partial charge is 0.338 e. The van der Waals surface area contributed by atoms with E-state index < -0.39 is 0 Å². The van der Waals surface area contributed by atoms with Gasteiger partial charge in [0.1, 0.15) is 11.3 Å². The monoisotopic (exact) mass is 288 g/mol. The summed E-state index contributed by atoms with van der Waals surface area (Å²) in [6, 6.07) is 18.2. The number of fused-ring (bicyclic) bond motifs is 3. The number of hydrogen-bond donors (Lipinski definition) is 1. The molecule has 4 rings (SSSR count). The first-order valence-electron chi connectivity index (χ1n) is 7.44. The molecule has 0 fully saturated rings. The second-order valence-electron chi connectivity index (χ2n) is 5.19. The van der Waals surface area contributed by atoms with Crippen molar-refractivity contribution < 1.29 is 0 Å². The quantitative estimate of drug-likeness (QED) is 0.614. The minimum Gasteiger partial charge on any atom is -0.338 e. The standard InChI is InChI=1S/C18H16N4/c1-2-17-19-12-16-18(20-13-8-4-3-5-9-13)21-14-10-6-7-11-15(14)22(16)17/h3-12H,2H2,1H3,(H,20,21). The maximum absolute atomic E-state index is 4.77. The summed E-state index contributed by atoms with van der Waals surface area (Å²) in [5, 5.41) is 3.40. The normalized spacial score (nSPS) is 11.1. The first kappa shape index (κ1) is 12.8. The van der Waals surface area contributed by atoms with Gasteiger partial charge in [-0.2, -0.15) is 0 Å². The molecule has 0 amide bonds. The zero-order valence-corrected chi connectivity index (χ0v) is 12.3. The third kappa shape index (κ3) is 2.00. The van der Waals surface area contributed by atoms with Crippen LogP contribution >= 0.6 is 0 Å². The third-order valence-electron chi connectivity index (χ3n) is 3.79. The van der Waals surface area contributed by atoms with Gasteiger partial charge in [0.05, 0.1) is 17.2 Å². The van der Waals surface area contributed by atoms with Gasteiger partial charge >= 0.3 is 0 Å². The molecule has 4 nitrogen and oxygen atoms in total. The minimum atomic E-state index is 0.831. The fraction of sp³-hybridized carbons (Fsp3) is 0.111. The summed E-state index contributed by atoms with van der Waals surface area (Å²) in [5.74, 6) is 1.88. The fourth-order valence-electron chi connectivity index (χ4n) is 2.75. The number of nitrogens with one attached hydrogen (secondary N) is 1. The van der Waals surface area contributed by atoms with Crippen molar-refractivity contribution in [1.29, 1.82) is 0 Å². The number of nitrogens with zero attached hydrogens (tertiary/aromatic N) is 3. The number of aryl methyl sites for hydroxylation is 1. The topological polar surface area (TPSA) is 42.2 Å². The van der Waals surface area contributed by atoms with Gasteiger partial charge in [-0.3, -0.25) is 4.40 Å². The zero-order chi connectivity index (χ0) is 14.9. The lowest BCUT2D eigenvalue weighted by Crippen LogP contribution is -2.01. The van der Waals surface area contributed by atoms with E-state index in [1.807, 2.05) is 54.7 Å². The van der Waals surface area contributed by atoms with Crippen molar-refractivity contribution in [1.82, 2.24) is 14.4 Å². The van der Waals surface area contributed by atoms with Gasteiger partial charge in [-0.1, -0.05) is 37.3 Å². The van der Waals surface area contributed by atoms with Gasteiger partial charge in [0.15, 0.2) is 5.82 Å². The van der Waals surface area contributed by atoms with Gasteiger partial charge in [0.25, 0.3) is 0 Å². The summed E-state index contributed by atoms with van der Waals surface area (Å²) in [6.45, 7) is 2.12. The van der Waals surface area contributed by atoms with Gasteiger partial charge in [-0.25, -0.2) is 9.97 Å².